The van der Waals surface area contributed by atoms with Gasteiger partial charge in [0.25, 0.3) is 0 Å². The number of anilines is 1. The van der Waals surface area contributed by atoms with E-state index in [2.05, 4.69) is 14.8 Å². The summed E-state index contributed by atoms with van der Waals surface area (Å²) in [6.45, 7) is 7.65. The molecule has 0 spiro atoms. The van der Waals surface area contributed by atoms with Gasteiger partial charge in [-0.2, -0.15) is 0 Å². The van der Waals surface area contributed by atoms with Gasteiger partial charge in [-0.1, -0.05) is 0 Å². The van der Waals surface area contributed by atoms with Crippen molar-refractivity contribution < 1.29 is 14.3 Å². The van der Waals surface area contributed by atoms with Crippen molar-refractivity contribution in [1.29, 1.82) is 0 Å². The summed E-state index contributed by atoms with van der Waals surface area (Å²) >= 11 is 0. The lowest BCUT2D eigenvalue weighted by atomic mass is 10.0. The fraction of sp³-hybridized carbons (Fsp3) is 0.647. The highest BCUT2D eigenvalue weighted by atomic mass is 16.5. The Kier molecular flexibility index (Phi) is 5.46. The highest BCUT2D eigenvalue weighted by molar-refractivity contribution is 5.94. The fourth-order valence-corrected chi connectivity index (χ4v) is 3.40. The molecule has 1 aromatic heterocycles. The van der Waals surface area contributed by atoms with E-state index in [9.17, 15) is 4.79 Å². The molecule has 0 aliphatic carbocycles. The number of morpholine rings is 1. The summed E-state index contributed by atoms with van der Waals surface area (Å²) in [4.78, 5) is 21.4. The lowest BCUT2D eigenvalue weighted by Crippen LogP contribution is -2.52. The number of ether oxygens (including phenoxy) is 2. The number of carbonyl (C=O) groups is 1. The van der Waals surface area contributed by atoms with Crippen LogP contribution in [0.25, 0.3) is 0 Å². The van der Waals surface area contributed by atoms with E-state index in [1.165, 1.54) is 6.42 Å². The number of hydrogen-bond donors (Lipinski definition) is 0. The van der Waals surface area contributed by atoms with E-state index in [1.54, 1.807) is 18.3 Å². The van der Waals surface area contributed by atoms with Crippen molar-refractivity contribution in [3.8, 4) is 0 Å². The molecule has 0 N–H and O–H groups in total. The Morgan fingerprint density at radius 1 is 1.39 bits per heavy atom. The number of hydrogen-bond acceptors (Lipinski definition) is 6. The van der Waals surface area contributed by atoms with Crippen LogP contribution in [0.15, 0.2) is 18.3 Å². The van der Waals surface area contributed by atoms with Gasteiger partial charge in [-0.15, -0.1) is 0 Å². The second kappa shape index (κ2) is 7.75. The third-order valence-electron chi connectivity index (χ3n) is 4.54. The molecule has 3 heterocycles. The van der Waals surface area contributed by atoms with E-state index in [0.29, 0.717) is 18.2 Å². The molecule has 6 heteroatoms. The van der Waals surface area contributed by atoms with E-state index in [-0.39, 0.29) is 5.97 Å². The van der Waals surface area contributed by atoms with Crippen LogP contribution >= 0.6 is 0 Å². The standard InChI is InChI=1S/C17H25N3O3/c1-2-23-17(21)15-6-3-7-18-16(15)20-8-4-5-14(13-20)19-9-11-22-12-10-19/h3,6-7,14H,2,4-5,8-13H2,1H3/t14-/m0/s1. The van der Waals surface area contributed by atoms with Gasteiger partial charge < -0.3 is 14.4 Å². The van der Waals surface area contributed by atoms with Crippen LogP contribution in [0.5, 0.6) is 0 Å². The first-order valence-corrected chi connectivity index (χ1v) is 8.48. The SMILES string of the molecule is CCOC(=O)c1cccnc1N1CCC[C@H](N2CCOCC2)C1. The lowest BCUT2D eigenvalue weighted by molar-refractivity contribution is 0.0136. The summed E-state index contributed by atoms with van der Waals surface area (Å²) in [6.07, 6.45) is 4.05. The molecule has 0 bridgehead atoms. The Hall–Kier alpha value is -1.66. The molecule has 1 aromatic rings. The molecular formula is C17H25N3O3. The van der Waals surface area contributed by atoms with Gasteiger partial charge in [-0.3, -0.25) is 4.90 Å². The molecule has 3 rings (SSSR count). The van der Waals surface area contributed by atoms with Crippen molar-refractivity contribution in [1.82, 2.24) is 9.88 Å². The topological polar surface area (TPSA) is 54.9 Å². The number of rotatable bonds is 4. The van der Waals surface area contributed by atoms with Gasteiger partial charge in [0, 0.05) is 38.4 Å². The van der Waals surface area contributed by atoms with Gasteiger partial charge in [-0.05, 0) is 31.9 Å². The highest BCUT2D eigenvalue weighted by Crippen LogP contribution is 2.25. The predicted octanol–water partition coefficient (Wildman–Crippen LogP) is 1.56. The van der Waals surface area contributed by atoms with E-state index in [0.717, 1.165) is 51.6 Å². The maximum absolute atomic E-state index is 12.2. The van der Waals surface area contributed by atoms with Gasteiger partial charge >= 0.3 is 5.97 Å². The molecule has 0 amide bonds. The molecule has 2 saturated heterocycles. The van der Waals surface area contributed by atoms with Gasteiger partial charge in [0.2, 0.25) is 0 Å². The molecule has 2 aliphatic rings. The number of nitrogens with zero attached hydrogens (tertiary/aromatic N) is 3. The van der Waals surface area contributed by atoms with Crippen molar-refractivity contribution in [2.24, 2.45) is 0 Å². The highest BCUT2D eigenvalue weighted by Gasteiger charge is 2.29. The molecule has 23 heavy (non-hydrogen) atoms. The third-order valence-corrected chi connectivity index (χ3v) is 4.54. The summed E-state index contributed by atoms with van der Waals surface area (Å²) in [5.74, 6) is 0.466. The largest absolute Gasteiger partial charge is 0.462 e. The van der Waals surface area contributed by atoms with Crippen molar-refractivity contribution in [3.63, 3.8) is 0 Å². The molecule has 2 aliphatic heterocycles. The van der Waals surface area contributed by atoms with Crippen LogP contribution in [0.1, 0.15) is 30.1 Å². The first-order valence-electron chi connectivity index (χ1n) is 8.48. The summed E-state index contributed by atoms with van der Waals surface area (Å²) in [7, 11) is 0. The van der Waals surface area contributed by atoms with Crippen LogP contribution < -0.4 is 4.90 Å². The molecule has 1 atom stereocenters. The van der Waals surface area contributed by atoms with Crippen LogP contribution in [0.3, 0.4) is 0 Å². The van der Waals surface area contributed by atoms with Gasteiger partial charge in [0.1, 0.15) is 11.4 Å². The molecule has 0 radical (unpaired) electrons. The minimum Gasteiger partial charge on any atom is -0.462 e. The van der Waals surface area contributed by atoms with Crippen LogP contribution in [0.2, 0.25) is 0 Å². The van der Waals surface area contributed by atoms with Crippen LogP contribution in [-0.2, 0) is 9.47 Å². The second-order valence-corrected chi connectivity index (χ2v) is 5.99. The Morgan fingerprint density at radius 2 is 2.22 bits per heavy atom. The number of piperidine rings is 1. The molecule has 0 saturated carbocycles. The maximum Gasteiger partial charge on any atom is 0.341 e. The summed E-state index contributed by atoms with van der Waals surface area (Å²) in [5.41, 5.74) is 0.567. The van der Waals surface area contributed by atoms with E-state index >= 15 is 0 Å². The van der Waals surface area contributed by atoms with E-state index < -0.39 is 0 Å². The molecular weight excluding hydrogens is 294 g/mol. The van der Waals surface area contributed by atoms with Crippen LogP contribution in [0, 0.1) is 0 Å². The smallest absolute Gasteiger partial charge is 0.341 e. The average Bonchev–Trinajstić information content (AvgIpc) is 2.63. The molecule has 126 valence electrons. The van der Waals surface area contributed by atoms with Crippen molar-refractivity contribution >= 4 is 11.8 Å². The minimum atomic E-state index is -0.288. The monoisotopic (exact) mass is 319 g/mol. The van der Waals surface area contributed by atoms with Gasteiger partial charge in [0.05, 0.1) is 19.8 Å². The van der Waals surface area contributed by atoms with Crippen LogP contribution in [0.4, 0.5) is 5.82 Å². The molecule has 0 unspecified atom stereocenters. The number of carbonyl (C=O) groups excluding carboxylic acids is 1. The van der Waals surface area contributed by atoms with Gasteiger partial charge in [-0.25, -0.2) is 9.78 Å². The van der Waals surface area contributed by atoms with Gasteiger partial charge in [0.15, 0.2) is 0 Å². The number of pyridine rings is 1. The van der Waals surface area contributed by atoms with Crippen molar-refractivity contribution in [3.05, 3.63) is 23.9 Å². The number of esters is 1. The molecule has 0 aromatic carbocycles. The predicted molar refractivity (Wildman–Crippen MR) is 87.8 cm³/mol. The summed E-state index contributed by atoms with van der Waals surface area (Å²) in [5, 5.41) is 0. The maximum atomic E-state index is 12.2. The lowest BCUT2D eigenvalue weighted by Gasteiger charge is -2.41. The Balaban J connectivity index is 1.74. The zero-order valence-electron chi connectivity index (χ0n) is 13.7. The molecule has 6 nitrogen and oxygen atoms in total. The first-order chi connectivity index (χ1) is 11.3. The minimum absolute atomic E-state index is 0.288. The average molecular weight is 319 g/mol. The summed E-state index contributed by atoms with van der Waals surface area (Å²) in [6, 6.07) is 4.10. The summed E-state index contributed by atoms with van der Waals surface area (Å²) < 4.78 is 10.6. The fourth-order valence-electron chi connectivity index (χ4n) is 3.40. The molecule has 2 fully saturated rings. The van der Waals surface area contributed by atoms with E-state index in [4.69, 9.17) is 9.47 Å². The third kappa shape index (κ3) is 3.82. The number of aromatic nitrogens is 1. The first kappa shape index (κ1) is 16.2. The second-order valence-electron chi connectivity index (χ2n) is 5.99. The van der Waals surface area contributed by atoms with Crippen LogP contribution in [-0.4, -0.2) is 67.9 Å². The zero-order valence-corrected chi connectivity index (χ0v) is 13.7. The zero-order chi connectivity index (χ0) is 16.1. The quantitative estimate of drug-likeness (QED) is 0.785. The Labute approximate surface area is 137 Å². The van der Waals surface area contributed by atoms with E-state index in [1.807, 2.05) is 6.92 Å². The normalized spacial score (nSPS) is 22.8. The van der Waals surface area contributed by atoms with Crippen molar-refractivity contribution in [2.75, 3.05) is 50.9 Å². The van der Waals surface area contributed by atoms with Crippen molar-refractivity contribution in [2.45, 2.75) is 25.8 Å². The Bertz CT molecular complexity index is 532. The Morgan fingerprint density at radius 3 is 3.00 bits per heavy atom.